The molecule has 4 rings (SSSR count). The zero-order valence-electron chi connectivity index (χ0n) is 16.5. The number of nitrogens with zero attached hydrogens (tertiary/aromatic N) is 4. The zero-order chi connectivity index (χ0) is 20.4. The maximum absolute atomic E-state index is 12.9. The first-order chi connectivity index (χ1) is 14.0. The van der Waals surface area contributed by atoms with E-state index in [1.807, 2.05) is 23.7 Å². The van der Waals surface area contributed by atoms with E-state index in [2.05, 4.69) is 15.5 Å². The van der Waals surface area contributed by atoms with E-state index in [1.165, 1.54) is 0 Å². The highest BCUT2D eigenvalue weighted by atomic mass is 16.5. The molecule has 1 unspecified atom stereocenters. The molecule has 8 nitrogen and oxygen atoms in total. The van der Waals surface area contributed by atoms with Crippen LogP contribution in [0.3, 0.4) is 0 Å². The molecular formula is C21H23N5O3. The van der Waals surface area contributed by atoms with Gasteiger partial charge in [-0.3, -0.25) is 9.59 Å². The molecule has 1 fully saturated rings. The molecule has 29 heavy (non-hydrogen) atoms. The van der Waals surface area contributed by atoms with Crippen LogP contribution in [-0.2, 0) is 18.3 Å². The van der Waals surface area contributed by atoms with Gasteiger partial charge in [-0.25, -0.2) is 0 Å². The quantitative estimate of drug-likeness (QED) is 0.719. The lowest BCUT2D eigenvalue weighted by Crippen LogP contribution is -2.32. The van der Waals surface area contributed by atoms with Gasteiger partial charge in [0.1, 0.15) is 11.9 Å². The summed E-state index contributed by atoms with van der Waals surface area (Å²) in [5.41, 5.74) is 2.00. The van der Waals surface area contributed by atoms with Crippen molar-refractivity contribution in [1.29, 1.82) is 0 Å². The lowest BCUT2D eigenvalue weighted by Gasteiger charge is -2.14. The van der Waals surface area contributed by atoms with E-state index in [9.17, 15) is 9.59 Å². The topological polar surface area (TPSA) is 91.0 Å². The number of nitrogens with one attached hydrogen (secondary N) is 1. The third kappa shape index (κ3) is 3.97. The second-order valence-corrected chi connectivity index (χ2v) is 7.26. The van der Waals surface area contributed by atoms with Gasteiger partial charge >= 0.3 is 0 Å². The number of carbonyl (C=O) groups is 1. The van der Waals surface area contributed by atoms with Crippen LogP contribution in [0.15, 0.2) is 47.7 Å². The highest BCUT2D eigenvalue weighted by Crippen LogP contribution is 2.19. The highest BCUT2D eigenvalue weighted by molar-refractivity contribution is 6.05. The van der Waals surface area contributed by atoms with Crippen molar-refractivity contribution in [3.8, 4) is 11.4 Å². The summed E-state index contributed by atoms with van der Waals surface area (Å²) >= 11 is 0. The van der Waals surface area contributed by atoms with Gasteiger partial charge in [-0.1, -0.05) is 0 Å². The Morgan fingerprint density at radius 1 is 1.28 bits per heavy atom. The van der Waals surface area contributed by atoms with Crippen molar-refractivity contribution in [2.24, 2.45) is 7.05 Å². The molecule has 2 aromatic heterocycles. The van der Waals surface area contributed by atoms with E-state index in [4.69, 9.17) is 4.74 Å². The number of pyridine rings is 1. The number of hydrogen-bond acceptors (Lipinski definition) is 5. The average Bonchev–Trinajstić information content (AvgIpc) is 3.36. The van der Waals surface area contributed by atoms with E-state index < -0.39 is 5.91 Å². The zero-order valence-corrected chi connectivity index (χ0v) is 16.5. The fourth-order valence-corrected chi connectivity index (χ4v) is 3.53. The fourth-order valence-electron chi connectivity index (χ4n) is 3.53. The van der Waals surface area contributed by atoms with Gasteiger partial charge in [0, 0.05) is 31.1 Å². The number of aromatic nitrogens is 4. The minimum atomic E-state index is -0.416. The summed E-state index contributed by atoms with van der Waals surface area (Å²) in [6.07, 6.45) is 5.32. The van der Waals surface area contributed by atoms with Crippen LogP contribution in [0.25, 0.3) is 11.4 Å². The predicted molar refractivity (Wildman–Crippen MR) is 109 cm³/mol. The van der Waals surface area contributed by atoms with Gasteiger partial charge in [-0.15, -0.1) is 10.2 Å². The summed E-state index contributed by atoms with van der Waals surface area (Å²) in [5.74, 6) is 0.319. The van der Waals surface area contributed by atoms with Crippen molar-refractivity contribution < 1.29 is 9.53 Å². The third-order valence-corrected chi connectivity index (χ3v) is 5.14. The first-order valence-corrected chi connectivity index (χ1v) is 9.60. The van der Waals surface area contributed by atoms with E-state index in [-0.39, 0.29) is 17.2 Å². The van der Waals surface area contributed by atoms with Crippen molar-refractivity contribution in [1.82, 2.24) is 19.3 Å². The molecular weight excluding hydrogens is 370 g/mol. The SMILES string of the molecule is Cc1ccn(CC2CCCO2)c(=O)c1C(=O)Nc1ccc(-c2nncn2C)cc1. The summed E-state index contributed by atoms with van der Waals surface area (Å²) in [5, 5.41) is 10.8. The van der Waals surface area contributed by atoms with Crippen LogP contribution in [0.5, 0.6) is 0 Å². The van der Waals surface area contributed by atoms with E-state index >= 15 is 0 Å². The Balaban J connectivity index is 1.53. The largest absolute Gasteiger partial charge is 0.376 e. The smallest absolute Gasteiger partial charge is 0.263 e. The van der Waals surface area contributed by atoms with Crippen LogP contribution in [0.4, 0.5) is 5.69 Å². The second-order valence-electron chi connectivity index (χ2n) is 7.26. The number of carbonyl (C=O) groups excluding carboxylic acids is 1. The Morgan fingerprint density at radius 2 is 2.07 bits per heavy atom. The number of ether oxygens (including phenoxy) is 1. The van der Waals surface area contributed by atoms with Crippen molar-refractivity contribution in [2.75, 3.05) is 11.9 Å². The van der Waals surface area contributed by atoms with Gasteiger partial charge in [0.2, 0.25) is 0 Å². The van der Waals surface area contributed by atoms with Gasteiger partial charge in [-0.2, -0.15) is 0 Å². The van der Waals surface area contributed by atoms with Crippen LogP contribution in [0.2, 0.25) is 0 Å². The lowest BCUT2D eigenvalue weighted by atomic mass is 10.1. The van der Waals surface area contributed by atoms with Crippen LogP contribution >= 0.6 is 0 Å². The number of benzene rings is 1. The molecule has 0 saturated carbocycles. The van der Waals surface area contributed by atoms with Crippen LogP contribution in [0.1, 0.15) is 28.8 Å². The van der Waals surface area contributed by atoms with Gasteiger partial charge in [0.25, 0.3) is 11.5 Å². The second kappa shape index (κ2) is 8.00. The molecule has 1 aliphatic rings. The first kappa shape index (κ1) is 19.1. The van der Waals surface area contributed by atoms with Crippen LogP contribution < -0.4 is 10.9 Å². The molecule has 1 aliphatic heterocycles. The molecule has 0 spiro atoms. The summed E-state index contributed by atoms with van der Waals surface area (Å²) in [6, 6.07) is 9.07. The molecule has 3 heterocycles. The summed E-state index contributed by atoms with van der Waals surface area (Å²) < 4.78 is 9.00. The summed E-state index contributed by atoms with van der Waals surface area (Å²) in [4.78, 5) is 25.7. The molecule has 1 N–H and O–H groups in total. The maximum Gasteiger partial charge on any atom is 0.263 e. The third-order valence-electron chi connectivity index (χ3n) is 5.14. The Kier molecular flexibility index (Phi) is 5.26. The fraction of sp³-hybridized carbons (Fsp3) is 0.333. The minimum absolute atomic E-state index is 0.0273. The van der Waals surface area contributed by atoms with Crippen molar-refractivity contribution >= 4 is 11.6 Å². The molecule has 150 valence electrons. The van der Waals surface area contributed by atoms with Crippen molar-refractivity contribution in [3.05, 3.63) is 64.3 Å². The van der Waals surface area contributed by atoms with Gasteiger partial charge in [0.15, 0.2) is 5.82 Å². The Bertz CT molecular complexity index is 1080. The maximum atomic E-state index is 12.9. The Morgan fingerprint density at radius 3 is 2.72 bits per heavy atom. The molecule has 0 aliphatic carbocycles. The minimum Gasteiger partial charge on any atom is -0.376 e. The number of anilines is 1. The summed E-state index contributed by atoms with van der Waals surface area (Å²) in [6.45, 7) is 2.96. The molecule has 1 saturated heterocycles. The van der Waals surface area contributed by atoms with E-state index in [0.29, 0.717) is 17.8 Å². The lowest BCUT2D eigenvalue weighted by molar-refractivity contribution is 0.0952. The highest BCUT2D eigenvalue weighted by Gasteiger charge is 2.20. The molecule has 8 heteroatoms. The van der Waals surface area contributed by atoms with Gasteiger partial charge in [0.05, 0.1) is 12.6 Å². The molecule has 1 atom stereocenters. The molecule has 1 amide bonds. The van der Waals surface area contributed by atoms with Crippen LogP contribution in [0, 0.1) is 6.92 Å². The predicted octanol–water partition coefficient (Wildman–Crippen LogP) is 2.38. The molecule has 0 radical (unpaired) electrons. The van der Waals surface area contributed by atoms with E-state index in [1.54, 1.807) is 42.2 Å². The summed E-state index contributed by atoms with van der Waals surface area (Å²) in [7, 11) is 1.87. The normalized spacial score (nSPS) is 16.1. The van der Waals surface area contributed by atoms with E-state index in [0.717, 1.165) is 30.8 Å². The molecule has 0 bridgehead atoms. The van der Waals surface area contributed by atoms with Gasteiger partial charge in [-0.05, 0) is 55.7 Å². The Hall–Kier alpha value is -3.26. The number of rotatable bonds is 5. The molecule has 3 aromatic rings. The average molecular weight is 393 g/mol. The number of aryl methyl sites for hydroxylation is 2. The number of amides is 1. The molecule has 1 aromatic carbocycles. The van der Waals surface area contributed by atoms with Gasteiger partial charge < -0.3 is 19.2 Å². The standard InChI is InChI=1S/C21H23N5O3/c1-14-9-10-26(12-17-4-3-11-29-17)21(28)18(14)20(27)23-16-7-5-15(6-8-16)19-24-22-13-25(19)2/h5-10,13,17H,3-4,11-12H2,1-2H3,(H,23,27). The van der Waals surface area contributed by atoms with Crippen LogP contribution in [-0.4, -0.2) is 37.9 Å². The number of hydrogen-bond donors (Lipinski definition) is 1. The van der Waals surface area contributed by atoms with Crippen molar-refractivity contribution in [2.45, 2.75) is 32.4 Å². The first-order valence-electron chi connectivity index (χ1n) is 9.60. The van der Waals surface area contributed by atoms with Crippen molar-refractivity contribution in [3.63, 3.8) is 0 Å². The Labute approximate surface area is 168 Å². The monoisotopic (exact) mass is 393 g/mol.